The molecule has 0 bridgehead atoms. The Kier molecular flexibility index (Phi) is 7.11. The number of ether oxygens (including phenoxy) is 2. The fourth-order valence-electron chi connectivity index (χ4n) is 2.13. The molecule has 0 aliphatic carbocycles. The van der Waals surface area contributed by atoms with Crippen molar-refractivity contribution in [2.45, 2.75) is 12.5 Å². The van der Waals surface area contributed by atoms with Gasteiger partial charge in [0.05, 0.1) is 12.7 Å². The van der Waals surface area contributed by atoms with E-state index in [9.17, 15) is 14.4 Å². The Hall–Kier alpha value is -2.93. The lowest BCUT2D eigenvalue weighted by Crippen LogP contribution is -2.44. The summed E-state index contributed by atoms with van der Waals surface area (Å²) in [4.78, 5) is 39.5. The van der Waals surface area contributed by atoms with E-state index in [-0.39, 0.29) is 17.1 Å². The summed E-state index contributed by atoms with van der Waals surface area (Å²) in [5.41, 5.74) is 1.02. The molecule has 0 saturated heterocycles. The molecule has 0 aliphatic rings. The molecule has 1 aromatic heterocycles. The van der Waals surface area contributed by atoms with Gasteiger partial charge >= 0.3 is 11.9 Å². The third kappa shape index (κ3) is 5.86. The maximum absolute atomic E-state index is 12.0. The normalized spacial score (nSPS) is 11.3. The summed E-state index contributed by atoms with van der Waals surface area (Å²) in [6.45, 7) is -0.538. The van der Waals surface area contributed by atoms with Crippen LogP contribution < -0.4 is 5.32 Å². The first-order chi connectivity index (χ1) is 12.5. The molecule has 2 rings (SSSR count). The Balaban J connectivity index is 1.91. The minimum absolute atomic E-state index is 0.163. The average molecular weight is 377 g/mol. The van der Waals surface area contributed by atoms with E-state index in [1.54, 1.807) is 0 Å². The largest absolute Gasteiger partial charge is 0.467 e. The van der Waals surface area contributed by atoms with Crippen LogP contribution in [-0.2, 0) is 25.5 Å². The van der Waals surface area contributed by atoms with Gasteiger partial charge in [-0.15, -0.1) is 0 Å². The maximum Gasteiger partial charge on any atom is 0.340 e. The highest BCUT2D eigenvalue weighted by Gasteiger charge is 2.22. The van der Waals surface area contributed by atoms with Crippen molar-refractivity contribution in [2.75, 3.05) is 13.7 Å². The molecule has 7 nitrogen and oxygen atoms in total. The average Bonchev–Trinajstić information content (AvgIpc) is 2.66. The molecule has 2 aromatic rings. The number of amides is 1. The maximum atomic E-state index is 12.0. The fourth-order valence-corrected chi connectivity index (χ4v) is 2.24. The number of halogens is 1. The second-order valence-electron chi connectivity index (χ2n) is 5.28. The molecule has 0 fully saturated rings. The molecule has 136 valence electrons. The first-order valence-electron chi connectivity index (χ1n) is 7.69. The van der Waals surface area contributed by atoms with Gasteiger partial charge in [0.25, 0.3) is 5.91 Å². The molecule has 1 atom stereocenters. The van der Waals surface area contributed by atoms with Crippen molar-refractivity contribution in [3.63, 3.8) is 0 Å². The van der Waals surface area contributed by atoms with Crippen LogP contribution in [0, 0.1) is 0 Å². The van der Waals surface area contributed by atoms with Crippen LogP contribution in [0.2, 0.25) is 5.15 Å². The highest BCUT2D eigenvalue weighted by Crippen LogP contribution is 2.07. The molecule has 0 spiro atoms. The Morgan fingerprint density at radius 3 is 2.50 bits per heavy atom. The zero-order chi connectivity index (χ0) is 18.9. The summed E-state index contributed by atoms with van der Waals surface area (Å²) in [6, 6.07) is 11.1. The number of carbonyl (C=O) groups excluding carboxylic acids is 3. The van der Waals surface area contributed by atoms with E-state index >= 15 is 0 Å². The van der Waals surface area contributed by atoms with E-state index < -0.39 is 30.5 Å². The number of pyridine rings is 1. The van der Waals surface area contributed by atoms with E-state index in [1.165, 1.54) is 25.4 Å². The van der Waals surface area contributed by atoms with Crippen molar-refractivity contribution >= 4 is 29.4 Å². The van der Waals surface area contributed by atoms with E-state index in [1.807, 2.05) is 30.3 Å². The second-order valence-corrected chi connectivity index (χ2v) is 5.67. The zero-order valence-corrected chi connectivity index (χ0v) is 14.7. The Labute approximate surface area is 155 Å². The quantitative estimate of drug-likeness (QED) is 0.584. The highest BCUT2D eigenvalue weighted by molar-refractivity contribution is 6.29. The van der Waals surface area contributed by atoms with Crippen LogP contribution in [0.4, 0.5) is 0 Å². The van der Waals surface area contributed by atoms with E-state index in [0.717, 1.165) is 5.56 Å². The van der Waals surface area contributed by atoms with Crippen molar-refractivity contribution < 1.29 is 23.9 Å². The van der Waals surface area contributed by atoms with E-state index in [2.05, 4.69) is 10.3 Å². The molecule has 1 N–H and O–H groups in total. The van der Waals surface area contributed by atoms with E-state index in [4.69, 9.17) is 21.1 Å². The van der Waals surface area contributed by atoms with Gasteiger partial charge in [0.1, 0.15) is 11.2 Å². The number of nitrogens with one attached hydrogen (secondary N) is 1. The van der Waals surface area contributed by atoms with Gasteiger partial charge in [0.2, 0.25) is 0 Å². The van der Waals surface area contributed by atoms with Crippen molar-refractivity contribution in [1.82, 2.24) is 10.3 Å². The van der Waals surface area contributed by atoms with Crippen LogP contribution >= 0.6 is 11.6 Å². The molecule has 0 aliphatic heterocycles. The first-order valence-corrected chi connectivity index (χ1v) is 8.07. The van der Waals surface area contributed by atoms with Crippen LogP contribution in [0.3, 0.4) is 0 Å². The lowest BCUT2D eigenvalue weighted by molar-refractivity contribution is -0.145. The summed E-state index contributed by atoms with van der Waals surface area (Å²) in [5, 5.41) is 2.74. The van der Waals surface area contributed by atoms with Crippen molar-refractivity contribution in [3.8, 4) is 0 Å². The second kappa shape index (κ2) is 9.53. The van der Waals surface area contributed by atoms with Gasteiger partial charge in [-0.1, -0.05) is 41.9 Å². The summed E-state index contributed by atoms with van der Waals surface area (Å²) in [6.07, 6.45) is 1.50. The first kappa shape index (κ1) is 19.4. The smallest absolute Gasteiger partial charge is 0.340 e. The predicted molar refractivity (Wildman–Crippen MR) is 93.6 cm³/mol. The summed E-state index contributed by atoms with van der Waals surface area (Å²) in [5.74, 6) is -1.93. The zero-order valence-electron chi connectivity index (χ0n) is 14.0. The van der Waals surface area contributed by atoms with Crippen LogP contribution in [-0.4, -0.2) is 42.6 Å². The van der Waals surface area contributed by atoms with Crippen LogP contribution in [0.5, 0.6) is 0 Å². The van der Waals surface area contributed by atoms with Gasteiger partial charge in [0.15, 0.2) is 6.61 Å². The summed E-state index contributed by atoms with van der Waals surface area (Å²) in [7, 11) is 1.24. The van der Waals surface area contributed by atoms with Crippen molar-refractivity contribution in [2.24, 2.45) is 0 Å². The molecule has 8 heteroatoms. The molecular formula is C18H17ClN2O5. The highest BCUT2D eigenvalue weighted by atomic mass is 35.5. The third-order valence-corrected chi connectivity index (χ3v) is 3.62. The molecular weight excluding hydrogens is 360 g/mol. The predicted octanol–water partition coefficient (Wildman–Crippen LogP) is 1.79. The van der Waals surface area contributed by atoms with Gasteiger partial charge < -0.3 is 14.8 Å². The minimum Gasteiger partial charge on any atom is -0.467 e. The summed E-state index contributed by atoms with van der Waals surface area (Å²) >= 11 is 5.64. The number of benzene rings is 1. The molecule has 0 radical (unpaired) electrons. The Morgan fingerprint density at radius 2 is 1.88 bits per heavy atom. The van der Waals surface area contributed by atoms with Gasteiger partial charge in [0, 0.05) is 12.6 Å². The number of carbonyl (C=O) groups is 3. The van der Waals surface area contributed by atoms with Crippen molar-refractivity contribution in [3.05, 3.63) is 64.9 Å². The number of rotatable bonds is 7. The number of nitrogens with zero attached hydrogens (tertiary/aromatic N) is 1. The fraction of sp³-hybridized carbons (Fsp3) is 0.222. The number of hydrogen-bond donors (Lipinski definition) is 1. The van der Waals surface area contributed by atoms with Gasteiger partial charge in [-0.05, 0) is 17.7 Å². The number of methoxy groups -OCH3 is 1. The monoisotopic (exact) mass is 376 g/mol. The molecule has 0 unspecified atom stereocenters. The lowest BCUT2D eigenvalue weighted by atomic mass is 10.1. The van der Waals surface area contributed by atoms with Crippen LogP contribution in [0.1, 0.15) is 15.9 Å². The topological polar surface area (TPSA) is 94.6 Å². The standard InChI is InChI=1S/C18H17ClN2O5/c1-25-18(24)14(9-12-5-3-2-4-6-12)21-16(22)11-26-17(23)13-7-8-15(19)20-10-13/h2-8,10,14H,9,11H2,1H3,(H,21,22)/t14-/m1/s1. The third-order valence-electron chi connectivity index (χ3n) is 3.40. The van der Waals surface area contributed by atoms with Gasteiger partial charge in [-0.2, -0.15) is 0 Å². The lowest BCUT2D eigenvalue weighted by Gasteiger charge is -2.16. The van der Waals surface area contributed by atoms with Gasteiger partial charge in [-0.3, -0.25) is 4.79 Å². The minimum atomic E-state index is -0.884. The van der Waals surface area contributed by atoms with E-state index in [0.29, 0.717) is 0 Å². The SMILES string of the molecule is COC(=O)[C@@H](Cc1ccccc1)NC(=O)COC(=O)c1ccc(Cl)nc1. The van der Waals surface area contributed by atoms with Crippen LogP contribution in [0.25, 0.3) is 0 Å². The molecule has 26 heavy (non-hydrogen) atoms. The molecule has 0 saturated carbocycles. The number of esters is 2. The van der Waals surface area contributed by atoms with Crippen molar-refractivity contribution in [1.29, 1.82) is 0 Å². The van der Waals surface area contributed by atoms with Crippen LogP contribution in [0.15, 0.2) is 48.7 Å². The van der Waals surface area contributed by atoms with Gasteiger partial charge in [-0.25, -0.2) is 14.6 Å². The Morgan fingerprint density at radius 1 is 1.15 bits per heavy atom. The molecule has 1 amide bonds. The molecule has 1 aromatic carbocycles. The summed E-state index contributed by atoms with van der Waals surface area (Å²) < 4.78 is 9.62. The number of aromatic nitrogens is 1. The number of hydrogen-bond acceptors (Lipinski definition) is 6. The Bertz CT molecular complexity index is 765. The molecule has 1 heterocycles.